The number of nitrogens with zero attached hydrogens (tertiary/aromatic N) is 6. The van der Waals surface area contributed by atoms with Crippen molar-refractivity contribution >= 4 is 24.1 Å². The van der Waals surface area contributed by atoms with E-state index in [4.69, 9.17) is 14.5 Å². The van der Waals surface area contributed by atoms with Gasteiger partial charge >= 0.3 is 0 Å². The van der Waals surface area contributed by atoms with Crippen molar-refractivity contribution in [2.24, 2.45) is 5.10 Å². The Balaban J connectivity index is 1.29. The Kier molecular flexibility index (Phi) is 7.93. The Morgan fingerprint density at radius 1 is 0.892 bits per heavy atom. The maximum Gasteiger partial charge on any atom is 0.250 e. The third-order valence-electron chi connectivity index (χ3n) is 6.38. The molecule has 10 heteroatoms. The largest absolute Gasteiger partial charge is 0.490 e. The van der Waals surface area contributed by atoms with Crippen LogP contribution in [-0.2, 0) is 6.61 Å². The van der Waals surface area contributed by atoms with Gasteiger partial charge in [0.25, 0.3) is 0 Å². The number of ether oxygens (including phenoxy) is 2. The van der Waals surface area contributed by atoms with E-state index < -0.39 is 0 Å². The monoisotopic (exact) mass is 505 g/mol. The smallest absolute Gasteiger partial charge is 0.250 e. The van der Waals surface area contributed by atoms with Crippen LogP contribution in [0.3, 0.4) is 0 Å². The number of benzene rings is 2. The second-order valence-corrected chi connectivity index (χ2v) is 9.04. The molecule has 0 saturated carbocycles. The number of hydrogen-bond donors (Lipinski definition) is 1. The minimum Gasteiger partial charge on any atom is -0.490 e. The second-order valence-electron chi connectivity index (χ2n) is 9.04. The van der Waals surface area contributed by atoms with Crippen LogP contribution >= 0.6 is 0 Å². The van der Waals surface area contributed by atoms with Crippen molar-refractivity contribution in [3.8, 4) is 11.5 Å². The van der Waals surface area contributed by atoms with E-state index >= 15 is 0 Å². The molecule has 2 aromatic carbocycles. The lowest BCUT2D eigenvalue weighted by Gasteiger charge is -2.20. The van der Waals surface area contributed by atoms with E-state index in [9.17, 15) is 4.39 Å². The van der Waals surface area contributed by atoms with E-state index in [2.05, 4.69) is 30.3 Å². The lowest BCUT2D eigenvalue weighted by atomic mass is 10.2. The molecule has 9 nitrogen and oxygen atoms in total. The van der Waals surface area contributed by atoms with Crippen LogP contribution < -0.4 is 24.7 Å². The highest BCUT2D eigenvalue weighted by atomic mass is 19.1. The summed E-state index contributed by atoms with van der Waals surface area (Å²) < 4.78 is 25.6. The molecule has 3 aromatic rings. The van der Waals surface area contributed by atoms with Gasteiger partial charge in [-0.25, -0.2) is 9.82 Å². The molecule has 2 fully saturated rings. The Bertz CT molecular complexity index is 1190. The van der Waals surface area contributed by atoms with Gasteiger partial charge in [-0.15, -0.1) is 0 Å². The van der Waals surface area contributed by atoms with Crippen LogP contribution in [0, 0.1) is 5.82 Å². The SMILES string of the molecule is CCOc1cc(/C=N\Nc2nc(N3CCCC3)nc(N3CCCC3)n2)ccc1OCc1ccccc1F. The maximum absolute atomic E-state index is 14.0. The average Bonchev–Trinajstić information content (AvgIpc) is 3.64. The molecule has 0 bridgehead atoms. The van der Waals surface area contributed by atoms with Crippen LogP contribution in [0.5, 0.6) is 11.5 Å². The van der Waals surface area contributed by atoms with Gasteiger partial charge < -0.3 is 19.3 Å². The standard InChI is InChI=1S/C27H32FN7O2/c1-2-36-24-17-20(11-12-23(24)37-19-21-9-3-4-10-22(21)28)18-29-33-25-30-26(34-13-5-6-14-34)32-27(31-25)35-15-7-8-16-35/h3-4,9-12,17-18H,2,5-8,13-16,19H2,1H3,(H,30,31,32,33)/b29-18-. The van der Waals surface area contributed by atoms with E-state index in [-0.39, 0.29) is 12.4 Å². The van der Waals surface area contributed by atoms with E-state index in [0.29, 0.717) is 41.5 Å². The first-order chi connectivity index (χ1) is 18.2. The molecule has 0 aliphatic carbocycles. The molecule has 1 N–H and O–H groups in total. The van der Waals surface area contributed by atoms with Crippen molar-refractivity contribution in [1.82, 2.24) is 15.0 Å². The van der Waals surface area contributed by atoms with Crippen LogP contribution in [0.25, 0.3) is 0 Å². The van der Waals surface area contributed by atoms with E-state index in [1.807, 2.05) is 19.1 Å². The number of anilines is 3. The molecule has 1 aromatic heterocycles. The lowest BCUT2D eigenvalue weighted by molar-refractivity contribution is 0.266. The van der Waals surface area contributed by atoms with Crippen LogP contribution in [0.2, 0.25) is 0 Å². The van der Waals surface area contributed by atoms with Crippen LogP contribution in [-0.4, -0.2) is 54.0 Å². The molecule has 0 unspecified atom stereocenters. The number of rotatable bonds is 10. The Hall–Kier alpha value is -3.95. The summed E-state index contributed by atoms with van der Waals surface area (Å²) in [7, 11) is 0. The third kappa shape index (κ3) is 6.25. The molecular formula is C27H32FN7O2. The van der Waals surface area contributed by atoms with Crippen molar-refractivity contribution in [3.05, 3.63) is 59.4 Å². The molecule has 37 heavy (non-hydrogen) atoms. The number of aromatic nitrogens is 3. The first-order valence-corrected chi connectivity index (χ1v) is 12.9. The summed E-state index contributed by atoms with van der Waals surface area (Å²) in [4.78, 5) is 18.4. The second kappa shape index (κ2) is 11.9. The molecule has 0 radical (unpaired) electrons. The van der Waals surface area contributed by atoms with Gasteiger partial charge in [-0.05, 0) is 62.4 Å². The number of hydrazone groups is 1. The van der Waals surface area contributed by atoms with Crippen molar-refractivity contribution in [3.63, 3.8) is 0 Å². The summed E-state index contributed by atoms with van der Waals surface area (Å²) in [5.41, 5.74) is 4.27. The molecule has 3 heterocycles. The van der Waals surface area contributed by atoms with Gasteiger partial charge in [-0.1, -0.05) is 18.2 Å². The minimum atomic E-state index is -0.297. The summed E-state index contributed by atoms with van der Waals surface area (Å²) >= 11 is 0. The fourth-order valence-corrected chi connectivity index (χ4v) is 4.45. The predicted octanol–water partition coefficient (Wildman–Crippen LogP) is 4.63. The fraction of sp³-hybridized carbons (Fsp3) is 0.407. The summed E-state index contributed by atoms with van der Waals surface area (Å²) in [6, 6.07) is 12.1. The quantitative estimate of drug-likeness (QED) is 0.315. The molecule has 5 rings (SSSR count). The van der Waals surface area contributed by atoms with Gasteiger partial charge in [-0.3, -0.25) is 0 Å². The predicted molar refractivity (Wildman–Crippen MR) is 142 cm³/mol. The maximum atomic E-state index is 14.0. The molecule has 0 spiro atoms. The molecule has 0 atom stereocenters. The number of hydrogen-bond acceptors (Lipinski definition) is 9. The Morgan fingerprint density at radius 2 is 1.57 bits per heavy atom. The Labute approximate surface area is 216 Å². The third-order valence-corrected chi connectivity index (χ3v) is 6.38. The molecule has 2 saturated heterocycles. The average molecular weight is 506 g/mol. The summed E-state index contributed by atoms with van der Waals surface area (Å²) in [5, 5.41) is 4.37. The van der Waals surface area contributed by atoms with Crippen LogP contribution in [0.1, 0.15) is 43.7 Å². The molecule has 194 valence electrons. The van der Waals surface area contributed by atoms with Crippen LogP contribution in [0.4, 0.5) is 22.2 Å². The fourth-order valence-electron chi connectivity index (χ4n) is 4.45. The summed E-state index contributed by atoms with van der Waals surface area (Å²) in [5.74, 6) is 2.62. The first-order valence-electron chi connectivity index (χ1n) is 12.9. The van der Waals surface area contributed by atoms with Crippen molar-refractivity contribution in [2.75, 3.05) is 48.0 Å². The van der Waals surface area contributed by atoms with Crippen molar-refractivity contribution < 1.29 is 13.9 Å². The highest BCUT2D eigenvalue weighted by Gasteiger charge is 2.21. The number of nitrogens with one attached hydrogen (secondary N) is 1. The van der Waals surface area contributed by atoms with Gasteiger partial charge in [0.2, 0.25) is 17.8 Å². The number of halogens is 1. The molecular weight excluding hydrogens is 473 g/mol. The zero-order valence-electron chi connectivity index (χ0n) is 21.1. The van der Waals surface area contributed by atoms with E-state index in [0.717, 1.165) is 57.4 Å². The lowest BCUT2D eigenvalue weighted by Crippen LogP contribution is -2.25. The van der Waals surface area contributed by atoms with E-state index in [1.54, 1.807) is 30.5 Å². The molecule has 0 amide bonds. The van der Waals surface area contributed by atoms with Crippen molar-refractivity contribution in [1.29, 1.82) is 0 Å². The van der Waals surface area contributed by atoms with E-state index in [1.165, 1.54) is 6.07 Å². The molecule has 2 aliphatic heterocycles. The minimum absolute atomic E-state index is 0.111. The highest BCUT2D eigenvalue weighted by molar-refractivity contribution is 5.81. The van der Waals surface area contributed by atoms with Gasteiger partial charge in [-0.2, -0.15) is 20.1 Å². The topological polar surface area (TPSA) is 88.0 Å². The van der Waals surface area contributed by atoms with Crippen molar-refractivity contribution in [2.45, 2.75) is 39.2 Å². The van der Waals surface area contributed by atoms with Gasteiger partial charge in [0.05, 0.1) is 12.8 Å². The van der Waals surface area contributed by atoms with Gasteiger partial charge in [0.15, 0.2) is 11.5 Å². The zero-order valence-corrected chi connectivity index (χ0v) is 21.1. The summed E-state index contributed by atoms with van der Waals surface area (Å²) in [6.45, 7) is 6.31. The van der Waals surface area contributed by atoms with Gasteiger partial charge in [0, 0.05) is 31.7 Å². The van der Waals surface area contributed by atoms with Crippen LogP contribution in [0.15, 0.2) is 47.6 Å². The zero-order chi connectivity index (χ0) is 25.5. The Morgan fingerprint density at radius 3 is 2.22 bits per heavy atom. The normalized spacial score (nSPS) is 15.5. The first kappa shape index (κ1) is 24.7. The van der Waals surface area contributed by atoms with Gasteiger partial charge in [0.1, 0.15) is 12.4 Å². The highest BCUT2D eigenvalue weighted by Crippen LogP contribution is 2.29. The summed E-state index contributed by atoms with van der Waals surface area (Å²) in [6.07, 6.45) is 6.27. The molecule has 2 aliphatic rings.